The van der Waals surface area contributed by atoms with Crippen molar-refractivity contribution in [3.8, 4) is 5.75 Å². The van der Waals surface area contributed by atoms with Gasteiger partial charge in [-0.15, -0.1) is 0 Å². The minimum atomic E-state index is -1.09. The average Bonchev–Trinajstić information content (AvgIpc) is 2.92. The van der Waals surface area contributed by atoms with Crippen molar-refractivity contribution in [2.45, 2.75) is 20.0 Å². The molecule has 1 aromatic carbocycles. The molecule has 0 bridgehead atoms. The minimum Gasteiger partial charge on any atom is -0.494 e. The van der Waals surface area contributed by atoms with Crippen LogP contribution in [-0.4, -0.2) is 30.2 Å². The average molecular weight is 322 g/mol. The molecule has 1 unspecified atom stereocenters. The normalized spacial score (nSPS) is 11.7. The SMILES string of the molecule is COc1ccc(C(=O)OC(C)C(=O)Nc2cc(C)on2)cc1F. The van der Waals surface area contributed by atoms with Crippen LogP contribution in [0.1, 0.15) is 23.0 Å². The van der Waals surface area contributed by atoms with Crippen molar-refractivity contribution in [3.05, 3.63) is 41.4 Å². The first-order valence-electron chi connectivity index (χ1n) is 6.69. The summed E-state index contributed by atoms with van der Waals surface area (Å²) in [7, 11) is 1.31. The zero-order valence-electron chi connectivity index (χ0n) is 12.8. The van der Waals surface area contributed by atoms with E-state index in [0.717, 1.165) is 6.07 Å². The van der Waals surface area contributed by atoms with E-state index in [1.165, 1.54) is 32.2 Å². The molecule has 1 heterocycles. The number of aryl methyl sites for hydroxylation is 1. The van der Waals surface area contributed by atoms with Crippen LogP contribution >= 0.6 is 0 Å². The predicted octanol–water partition coefficient (Wildman–Crippen LogP) is 2.31. The van der Waals surface area contributed by atoms with Crippen molar-refractivity contribution in [1.29, 1.82) is 0 Å². The Labute approximate surface area is 131 Å². The van der Waals surface area contributed by atoms with Crippen LogP contribution in [0.15, 0.2) is 28.8 Å². The zero-order chi connectivity index (χ0) is 17.0. The molecule has 0 fully saturated rings. The van der Waals surface area contributed by atoms with E-state index in [4.69, 9.17) is 14.0 Å². The van der Waals surface area contributed by atoms with Crippen LogP contribution in [0.3, 0.4) is 0 Å². The zero-order valence-corrected chi connectivity index (χ0v) is 12.8. The monoisotopic (exact) mass is 322 g/mol. The topological polar surface area (TPSA) is 90.7 Å². The first-order valence-corrected chi connectivity index (χ1v) is 6.69. The highest BCUT2D eigenvalue weighted by Gasteiger charge is 2.21. The van der Waals surface area contributed by atoms with Gasteiger partial charge in [0, 0.05) is 6.07 Å². The maximum absolute atomic E-state index is 13.6. The third-order valence-electron chi connectivity index (χ3n) is 2.92. The Morgan fingerprint density at radius 1 is 1.35 bits per heavy atom. The molecule has 0 saturated heterocycles. The summed E-state index contributed by atoms with van der Waals surface area (Å²) >= 11 is 0. The molecular formula is C15H15FN2O5. The molecule has 23 heavy (non-hydrogen) atoms. The summed E-state index contributed by atoms with van der Waals surface area (Å²) < 4.78 is 28.1. The van der Waals surface area contributed by atoms with Gasteiger partial charge in [-0.05, 0) is 32.0 Å². The highest BCUT2D eigenvalue weighted by atomic mass is 19.1. The molecule has 1 atom stereocenters. The van der Waals surface area contributed by atoms with Crippen LogP contribution in [0, 0.1) is 12.7 Å². The minimum absolute atomic E-state index is 0.00810. The molecule has 1 amide bonds. The van der Waals surface area contributed by atoms with E-state index < -0.39 is 23.8 Å². The maximum Gasteiger partial charge on any atom is 0.339 e. The number of carbonyl (C=O) groups is 2. The third kappa shape index (κ3) is 4.06. The van der Waals surface area contributed by atoms with Crippen LogP contribution in [0.5, 0.6) is 5.75 Å². The van der Waals surface area contributed by atoms with E-state index in [2.05, 4.69) is 10.5 Å². The number of carbonyl (C=O) groups excluding carboxylic acids is 2. The van der Waals surface area contributed by atoms with Crippen molar-refractivity contribution >= 4 is 17.7 Å². The quantitative estimate of drug-likeness (QED) is 0.850. The summed E-state index contributed by atoms with van der Waals surface area (Å²) in [5.74, 6) is -1.36. The lowest BCUT2D eigenvalue weighted by atomic mass is 10.2. The molecule has 0 aliphatic carbocycles. The van der Waals surface area contributed by atoms with E-state index >= 15 is 0 Å². The summed E-state index contributed by atoms with van der Waals surface area (Å²) in [6.45, 7) is 3.06. The molecular weight excluding hydrogens is 307 g/mol. The summed E-state index contributed by atoms with van der Waals surface area (Å²) in [5.41, 5.74) is -0.0276. The Morgan fingerprint density at radius 2 is 2.09 bits per heavy atom. The largest absolute Gasteiger partial charge is 0.494 e. The number of halogens is 1. The number of amides is 1. The fourth-order valence-corrected chi connectivity index (χ4v) is 1.73. The number of hydrogen-bond acceptors (Lipinski definition) is 6. The van der Waals surface area contributed by atoms with Gasteiger partial charge in [-0.3, -0.25) is 4.79 Å². The highest BCUT2D eigenvalue weighted by Crippen LogP contribution is 2.18. The number of rotatable bonds is 5. The number of esters is 1. The summed E-state index contributed by atoms with van der Waals surface area (Å²) in [5, 5.41) is 6.03. The van der Waals surface area contributed by atoms with Crippen molar-refractivity contribution in [2.75, 3.05) is 12.4 Å². The number of anilines is 1. The fraction of sp³-hybridized carbons (Fsp3) is 0.267. The lowest BCUT2D eigenvalue weighted by Crippen LogP contribution is -2.30. The van der Waals surface area contributed by atoms with Gasteiger partial charge < -0.3 is 19.3 Å². The van der Waals surface area contributed by atoms with Gasteiger partial charge in [0.05, 0.1) is 12.7 Å². The molecule has 1 aromatic heterocycles. The Hall–Kier alpha value is -2.90. The third-order valence-corrected chi connectivity index (χ3v) is 2.92. The Kier molecular flexibility index (Phi) is 4.95. The fourth-order valence-electron chi connectivity index (χ4n) is 1.73. The molecule has 122 valence electrons. The number of ether oxygens (including phenoxy) is 2. The van der Waals surface area contributed by atoms with Crippen LogP contribution < -0.4 is 10.1 Å². The molecule has 1 N–H and O–H groups in total. The lowest BCUT2D eigenvalue weighted by molar-refractivity contribution is -0.123. The molecule has 2 rings (SSSR count). The van der Waals surface area contributed by atoms with E-state index in [1.807, 2.05) is 0 Å². The Bertz CT molecular complexity index is 728. The van der Waals surface area contributed by atoms with Crippen molar-refractivity contribution in [2.24, 2.45) is 0 Å². The second-order valence-electron chi connectivity index (χ2n) is 4.71. The second-order valence-corrected chi connectivity index (χ2v) is 4.71. The number of benzene rings is 1. The van der Waals surface area contributed by atoms with Crippen LogP contribution in [-0.2, 0) is 9.53 Å². The van der Waals surface area contributed by atoms with Crippen molar-refractivity contribution in [1.82, 2.24) is 5.16 Å². The van der Waals surface area contributed by atoms with Gasteiger partial charge in [-0.1, -0.05) is 5.16 Å². The molecule has 0 saturated carbocycles. The Balaban J connectivity index is 1.98. The molecule has 0 aliphatic rings. The van der Waals surface area contributed by atoms with E-state index in [0.29, 0.717) is 5.76 Å². The van der Waals surface area contributed by atoms with Crippen molar-refractivity contribution < 1.29 is 28.0 Å². The van der Waals surface area contributed by atoms with Crippen molar-refractivity contribution in [3.63, 3.8) is 0 Å². The number of hydrogen-bond donors (Lipinski definition) is 1. The van der Waals surface area contributed by atoms with Gasteiger partial charge in [0.15, 0.2) is 23.5 Å². The van der Waals surface area contributed by atoms with Gasteiger partial charge in [0.1, 0.15) is 5.76 Å². The van der Waals surface area contributed by atoms with Crippen LogP contribution in [0.25, 0.3) is 0 Å². The van der Waals surface area contributed by atoms with Crippen LogP contribution in [0.4, 0.5) is 10.2 Å². The van der Waals surface area contributed by atoms with E-state index in [9.17, 15) is 14.0 Å². The molecule has 8 heteroatoms. The molecule has 2 aromatic rings. The van der Waals surface area contributed by atoms with Gasteiger partial charge in [-0.25, -0.2) is 9.18 Å². The summed E-state index contributed by atoms with van der Waals surface area (Å²) in [6, 6.07) is 5.14. The summed E-state index contributed by atoms with van der Waals surface area (Å²) in [4.78, 5) is 23.8. The molecule has 0 radical (unpaired) electrons. The Morgan fingerprint density at radius 3 is 2.65 bits per heavy atom. The predicted molar refractivity (Wildman–Crippen MR) is 77.7 cm³/mol. The highest BCUT2D eigenvalue weighted by molar-refractivity contribution is 5.96. The van der Waals surface area contributed by atoms with E-state index in [1.54, 1.807) is 6.92 Å². The smallest absolute Gasteiger partial charge is 0.339 e. The molecule has 7 nitrogen and oxygen atoms in total. The first kappa shape index (κ1) is 16.5. The number of nitrogens with zero attached hydrogens (tertiary/aromatic N) is 1. The van der Waals surface area contributed by atoms with Gasteiger partial charge >= 0.3 is 5.97 Å². The maximum atomic E-state index is 13.6. The number of methoxy groups -OCH3 is 1. The lowest BCUT2D eigenvalue weighted by Gasteiger charge is -2.12. The standard InChI is InChI=1S/C15H15FN2O5/c1-8-6-13(18-23-8)17-14(19)9(2)22-15(20)10-4-5-12(21-3)11(16)7-10/h4-7,9H,1-3H3,(H,17,18,19). The molecule has 0 aliphatic heterocycles. The van der Waals surface area contributed by atoms with Gasteiger partial charge in [0.2, 0.25) is 0 Å². The number of aromatic nitrogens is 1. The van der Waals surface area contributed by atoms with Crippen LogP contribution in [0.2, 0.25) is 0 Å². The first-order chi connectivity index (χ1) is 10.9. The molecule has 0 spiro atoms. The van der Waals surface area contributed by atoms with E-state index in [-0.39, 0.29) is 17.1 Å². The summed E-state index contributed by atoms with van der Waals surface area (Å²) in [6.07, 6.45) is -1.09. The van der Waals surface area contributed by atoms with Gasteiger partial charge in [-0.2, -0.15) is 0 Å². The number of nitrogens with one attached hydrogen (secondary N) is 1. The van der Waals surface area contributed by atoms with Gasteiger partial charge in [0.25, 0.3) is 5.91 Å². The second kappa shape index (κ2) is 6.91.